The highest BCUT2D eigenvalue weighted by atomic mass is 16.5. The lowest BCUT2D eigenvalue weighted by Gasteiger charge is -2.29. The number of nitrogens with one attached hydrogen (secondary N) is 1. The van der Waals surface area contributed by atoms with E-state index >= 15 is 0 Å². The van der Waals surface area contributed by atoms with E-state index in [4.69, 9.17) is 4.74 Å². The molecule has 0 saturated heterocycles. The zero-order valence-corrected chi connectivity index (χ0v) is 13.1. The van der Waals surface area contributed by atoms with E-state index in [1.807, 2.05) is 50.2 Å². The summed E-state index contributed by atoms with van der Waals surface area (Å²) >= 11 is 0. The van der Waals surface area contributed by atoms with Gasteiger partial charge in [-0.2, -0.15) is 0 Å². The molecule has 3 rings (SSSR count). The van der Waals surface area contributed by atoms with E-state index in [0.29, 0.717) is 17.1 Å². The molecule has 0 bridgehead atoms. The van der Waals surface area contributed by atoms with Crippen LogP contribution in [0.5, 0.6) is 5.75 Å². The minimum absolute atomic E-state index is 0.00600. The molecule has 0 unspecified atom stereocenters. The smallest absolute Gasteiger partial charge is 0.265 e. The third-order valence-corrected chi connectivity index (χ3v) is 3.63. The Morgan fingerprint density at radius 2 is 1.87 bits per heavy atom. The van der Waals surface area contributed by atoms with Crippen molar-refractivity contribution in [1.29, 1.82) is 0 Å². The van der Waals surface area contributed by atoms with Crippen LogP contribution < -0.4 is 15.0 Å². The lowest BCUT2D eigenvalue weighted by atomic mass is 10.1. The Morgan fingerprint density at radius 1 is 1.17 bits per heavy atom. The van der Waals surface area contributed by atoms with Gasteiger partial charge in [0.15, 0.2) is 6.61 Å². The predicted molar refractivity (Wildman–Crippen MR) is 88.8 cm³/mol. The molecule has 0 saturated carbocycles. The van der Waals surface area contributed by atoms with E-state index < -0.39 is 0 Å². The first-order valence-electron chi connectivity index (χ1n) is 7.43. The predicted octanol–water partition coefficient (Wildman–Crippen LogP) is 2.67. The van der Waals surface area contributed by atoms with Crippen LogP contribution in [0.25, 0.3) is 0 Å². The second kappa shape index (κ2) is 6.12. The number of amides is 2. The Labute approximate surface area is 134 Å². The van der Waals surface area contributed by atoms with Crippen molar-refractivity contribution in [3.05, 3.63) is 53.6 Å². The molecule has 5 heteroatoms. The topological polar surface area (TPSA) is 58.6 Å². The quantitative estimate of drug-likeness (QED) is 0.948. The van der Waals surface area contributed by atoms with Crippen molar-refractivity contribution >= 4 is 23.2 Å². The Morgan fingerprint density at radius 3 is 2.61 bits per heavy atom. The maximum atomic E-state index is 12.5. The molecule has 1 aliphatic heterocycles. The zero-order chi connectivity index (χ0) is 16.4. The Kier molecular flexibility index (Phi) is 4.02. The summed E-state index contributed by atoms with van der Waals surface area (Å²) in [7, 11) is 0. The molecular weight excluding hydrogens is 292 g/mol. The summed E-state index contributed by atoms with van der Waals surface area (Å²) in [5.74, 6) is 0.209. The lowest BCUT2D eigenvalue weighted by Crippen LogP contribution is -2.44. The van der Waals surface area contributed by atoms with Crippen LogP contribution in [-0.2, 0) is 9.59 Å². The average Bonchev–Trinajstić information content (AvgIpc) is 2.51. The van der Waals surface area contributed by atoms with E-state index in [1.165, 1.54) is 4.90 Å². The van der Waals surface area contributed by atoms with Gasteiger partial charge in [0, 0.05) is 0 Å². The van der Waals surface area contributed by atoms with Crippen molar-refractivity contribution in [2.45, 2.75) is 13.8 Å². The summed E-state index contributed by atoms with van der Waals surface area (Å²) in [5.41, 5.74) is 3.50. The lowest BCUT2D eigenvalue weighted by molar-refractivity contribution is -0.123. The molecule has 2 amide bonds. The second-order valence-corrected chi connectivity index (χ2v) is 5.66. The number of nitrogens with zero attached hydrogens (tertiary/aromatic N) is 1. The molecule has 1 heterocycles. The number of anilines is 2. The highest BCUT2D eigenvalue weighted by Crippen LogP contribution is 2.29. The molecule has 0 fully saturated rings. The summed E-state index contributed by atoms with van der Waals surface area (Å²) in [6.07, 6.45) is 0. The van der Waals surface area contributed by atoms with Gasteiger partial charge in [-0.3, -0.25) is 14.5 Å². The first-order valence-corrected chi connectivity index (χ1v) is 7.43. The van der Waals surface area contributed by atoms with Gasteiger partial charge in [0.05, 0.1) is 11.4 Å². The first kappa shape index (κ1) is 15.1. The maximum absolute atomic E-state index is 12.5. The number of hydrogen-bond donors (Lipinski definition) is 1. The SMILES string of the molecule is Cc1cc(C)cc(OCC(=O)N2CC(=O)Nc3ccccc32)c1. The number of carbonyl (C=O) groups excluding carboxylic acids is 2. The third-order valence-electron chi connectivity index (χ3n) is 3.63. The normalized spacial score (nSPS) is 13.3. The fourth-order valence-electron chi connectivity index (χ4n) is 2.69. The molecule has 118 valence electrons. The fourth-order valence-corrected chi connectivity index (χ4v) is 2.69. The van der Waals surface area contributed by atoms with Gasteiger partial charge >= 0.3 is 0 Å². The highest BCUT2D eigenvalue weighted by molar-refractivity contribution is 6.10. The molecule has 1 aliphatic rings. The standard InChI is InChI=1S/C18H18N2O3/c1-12-7-13(2)9-14(8-12)23-11-18(22)20-10-17(21)19-15-5-3-4-6-16(15)20/h3-9H,10-11H2,1-2H3,(H,19,21). The number of aryl methyl sites for hydroxylation is 2. The third kappa shape index (κ3) is 3.34. The molecule has 0 radical (unpaired) electrons. The van der Waals surface area contributed by atoms with Crippen molar-refractivity contribution in [1.82, 2.24) is 0 Å². The summed E-state index contributed by atoms with van der Waals surface area (Å²) in [4.78, 5) is 25.7. The largest absolute Gasteiger partial charge is 0.484 e. The zero-order valence-electron chi connectivity index (χ0n) is 13.1. The molecule has 5 nitrogen and oxygen atoms in total. The first-order chi connectivity index (χ1) is 11.0. The summed E-state index contributed by atoms with van der Waals surface area (Å²) < 4.78 is 5.61. The molecule has 0 atom stereocenters. The minimum atomic E-state index is -0.244. The van der Waals surface area contributed by atoms with Gasteiger partial charge in [-0.05, 0) is 49.2 Å². The van der Waals surface area contributed by atoms with Crippen LogP contribution in [0.1, 0.15) is 11.1 Å². The van der Waals surface area contributed by atoms with Crippen LogP contribution >= 0.6 is 0 Å². The van der Waals surface area contributed by atoms with E-state index in [1.54, 1.807) is 6.07 Å². The minimum Gasteiger partial charge on any atom is -0.484 e. The monoisotopic (exact) mass is 310 g/mol. The molecular formula is C18H18N2O3. The van der Waals surface area contributed by atoms with E-state index in [9.17, 15) is 9.59 Å². The van der Waals surface area contributed by atoms with Crippen LogP contribution in [0.4, 0.5) is 11.4 Å². The van der Waals surface area contributed by atoms with E-state index in [0.717, 1.165) is 11.1 Å². The van der Waals surface area contributed by atoms with Gasteiger partial charge < -0.3 is 10.1 Å². The Bertz CT molecular complexity index is 750. The van der Waals surface area contributed by atoms with Gasteiger partial charge in [-0.1, -0.05) is 18.2 Å². The van der Waals surface area contributed by atoms with Gasteiger partial charge in [-0.25, -0.2) is 0 Å². The van der Waals surface area contributed by atoms with E-state index in [2.05, 4.69) is 5.32 Å². The van der Waals surface area contributed by atoms with Crippen molar-refractivity contribution in [3.63, 3.8) is 0 Å². The van der Waals surface area contributed by atoms with Gasteiger partial charge in [0.2, 0.25) is 5.91 Å². The number of ether oxygens (including phenoxy) is 1. The van der Waals surface area contributed by atoms with E-state index in [-0.39, 0.29) is 25.0 Å². The molecule has 2 aromatic rings. The van der Waals surface area contributed by atoms with Crippen molar-refractivity contribution in [3.8, 4) is 5.75 Å². The molecule has 0 spiro atoms. The molecule has 0 aliphatic carbocycles. The van der Waals surface area contributed by atoms with Crippen LogP contribution in [0.15, 0.2) is 42.5 Å². The van der Waals surface area contributed by atoms with Crippen LogP contribution in [0, 0.1) is 13.8 Å². The summed E-state index contributed by atoms with van der Waals surface area (Å²) in [5, 5.41) is 2.76. The summed E-state index contributed by atoms with van der Waals surface area (Å²) in [6, 6.07) is 13.1. The van der Waals surface area contributed by atoms with Crippen LogP contribution in [0.2, 0.25) is 0 Å². The van der Waals surface area contributed by atoms with Gasteiger partial charge in [0.1, 0.15) is 12.3 Å². The number of carbonyl (C=O) groups is 2. The van der Waals surface area contributed by atoms with Gasteiger partial charge in [0.25, 0.3) is 5.91 Å². The molecule has 2 aromatic carbocycles. The number of rotatable bonds is 3. The van der Waals surface area contributed by atoms with Crippen LogP contribution in [-0.4, -0.2) is 25.0 Å². The number of para-hydroxylation sites is 2. The maximum Gasteiger partial charge on any atom is 0.265 e. The number of hydrogen-bond acceptors (Lipinski definition) is 3. The van der Waals surface area contributed by atoms with Crippen molar-refractivity contribution in [2.24, 2.45) is 0 Å². The van der Waals surface area contributed by atoms with Crippen LogP contribution in [0.3, 0.4) is 0 Å². The van der Waals surface area contributed by atoms with Crippen molar-refractivity contribution < 1.29 is 14.3 Å². The second-order valence-electron chi connectivity index (χ2n) is 5.66. The van der Waals surface area contributed by atoms with Gasteiger partial charge in [-0.15, -0.1) is 0 Å². The Hall–Kier alpha value is -2.82. The summed E-state index contributed by atoms with van der Waals surface area (Å²) in [6.45, 7) is 3.86. The number of fused-ring (bicyclic) bond motifs is 1. The molecule has 0 aromatic heterocycles. The molecule has 1 N–H and O–H groups in total. The molecule has 23 heavy (non-hydrogen) atoms. The Balaban J connectivity index is 1.75. The fraction of sp³-hybridized carbons (Fsp3) is 0.222. The average molecular weight is 310 g/mol. The number of benzene rings is 2. The highest BCUT2D eigenvalue weighted by Gasteiger charge is 2.26. The van der Waals surface area contributed by atoms with Crippen molar-refractivity contribution in [2.75, 3.05) is 23.4 Å².